The first kappa shape index (κ1) is 18.0. The Labute approximate surface area is 163 Å². The maximum Gasteiger partial charge on any atom is 0.150 e. The Bertz CT molecular complexity index is 1080. The van der Waals surface area contributed by atoms with Gasteiger partial charge in [-0.05, 0) is 17.7 Å². The summed E-state index contributed by atoms with van der Waals surface area (Å²) in [4.78, 5) is 9.08. The molecule has 1 N–H and O–H groups in total. The van der Waals surface area contributed by atoms with E-state index in [1.807, 2.05) is 42.5 Å². The van der Waals surface area contributed by atoms with E-state index in [4.69, 9.17) is 9.47 Å². The third-order valence-electron chi connectivity index (χ3n) is 4.60. The molecule has 0 saturated carbocycles. The van der Waals surface area contributed by atoms with E-state index >= 15 is 0 Å². The topological polar surface area (TPSA) is 61.2 Å². The number of benzene rings is 2. The SMILES string of the molecule is COCCNc1ncnc2c1c(-c1ccccc1)cn2-c1cccc(OC)c1. The summed E-state index contributed by atoms with van der Waals surface area (Å²) < 4.78 is 12.6. The van der Waals surface area contributed by atoms with Crippen LogP contribution in [0.25, 0.3) is 27.8 Å². The molecule has 2 aromatic heterocycles. The van der Waals surface area contributed by atoms with Crippen molar-refractivity contribution < 1.29 is 9.47 Å². The van der Waals surface area contributed by atoms with Gasteiger partial charge in [0, 0.05) is 31.5 Å². The van der Waals surface area contributed by atoms with Gasteiger partial charge in [-0.3, -0.25) is 0 Å². The molecule has 0 radical (unpaired) electrons. The fourth-order valence-electron chi connectivity index (χ4n) is 3.26. The molecular formula is C22H22N4O2. The van der Waals surface area contributed by atoms with Gasteiger partial charge in [-0.2, -0.15) is 0 Å². The number of hydrogen-bond donors (Lipinski definition) is 1. The molecule has 0 unspecified atom stereocenters. The molecule has 6 nitrogen and oxygen atoms in total. The molecule has 0 spiro atoms. The van der Waals surface area contributed by atoms with Crippen LogP contribution < -0.4 is 10.1 Å². The molecule has 4 aromatic rings. The number of ether oxygens (including phenoxy) is 2. The molecule has 0 aliphatic heterocycles. The molecule has 28 heavy (non-hydrogen) atoms. The van der Waals surface area contributed by atoms with Crippen LogP contribution in [0.15, 0.2) is 67.1 Å². The van der Waals surface area contributed by atoms with Crippen molar-refractivity contribution >= 4 is 16.9 Å². The lowest BCUT2D eigenvalue weighted by Crippen LogP contribution is -2.09. The summed E-state index contributed by atoms with van der Waals surface area (Å²) in [6, 6.07) is 18.2. The summed E-state index contributed by atoms with van der Waals surface area (Å²) in [6.45, 7) is 1.27. The quantitative estimate of drug-likeness (QED) is 0.492. The molecule has 0 atom stereocenters. The van der Waals surface area contributed by atoms with Crippen LogP contribution in [-0.4, -0.2) is 41.9 Å². The van der Waals surface area contributed by atoms with E-state index < -0.39 is 0 Å². The van der Waals surface area contributed by atoms with Crippen LogP contribution in [0.1, 0.15) is 0 Å². The first-order valence-corrected chi connectivity index (χ1v) is 9.10. The van der Waals surface area contributed by atoms with Crippen molar-refractivity contribution in [2.75, 3.05) is 32.7 Å². The molecule has 0 bridgehead atoms. The van der Waals surface area contributed by atoms with Gasteiger partial charge in [0.15, 0.2) is 5.65 Å². The molecule has 0 aliphatic carbocycles. The van der Waals surface area contributed by atoms with E-state index in [1.54, 1.807) is 20.5 Å². The highest BCUT2D eigenvalue weighted by molar-refractivity contribution is 6.02. The van der Waals surface area contributed by atoms with Crippen LogP contribution in [0, 0.1) is 0 Å². The number of aromatic nitrogens is 3. The maximum atomic E-state index is 5.40. The second-order valence-electron chi connectivity index (χ2n) is 6.32. The number of hydrogen-bond acceptors (Lipinski definition) is 5. The normalized spacial score (nSPS) is 10.9. The number of nitrogens with zero attached hydrogens (tertiary/aromatic N) is 3. The van der Waals surface area contributed by atoms with Gasteiger partial charge in [-0.1, -0.05) is 36.4 Å². The zero-order valence-corrected chi connectivity index (χ0v) is 15.9. The summed E-state index contributed by atoms with van der Waals surface area (Å²) in [7, 11) is 3.36. The Balaban J connectivity index is 1.93. The zero-order valence-electron chi connectivity index (χ0n) is 15.9. The molecule has 142 valence electrons. The van der Waals surface area contributed by atoms with Gasteiger partial charge in [0.2, 0.25) is 0 Å². The summed E-state index contributed by atoms with van der Waals surface area (Å²) in [6.07, 6.45) is 3.69. The molecule has 0 fully saturated rings. The minimum absolute atomic E-state index is 0.600. The van der Waals surface area contributed by atoms with E-state index in [9.17, 15) is 0 Å². The number of nitrogens with one attached hydrogen (secondary N) is 1. The predicted octanol–water partition coefficient (Wildman–Crippen LogP) is 4.15. The maximum absolute atomic E-state index is 5.40. The van der Waals surface area contributed by atoms with Crippen LogP contribution >= 0.6 is 0 Å². The van der Waals surface area contributed by atoms with Gasteiger partial charge in [-0.25, -0.2) is 9.97 Å². The lowest BCUT2D eigenvalue weighted by molar-refractivity contribution is 0.210. The highest BCUT2D eigenvalue weighted by Gasteiger charge is 2.17. The highest BCUT2D eigenvalue weighted by Crippen LogP contribution is 2.35. The average Bonchev–Trinajstić information content (AvgIpc) is 3.15. The van der Waals surface area contributed by atoms with Crippen LogP contribution in [0.5, 0.6) is 5.75 Å². The van der Waals surface area contributed by atoms with Crippen LogP contribution in [0.4, 0.5) is 5.82 Å². The summed E-state index contributed by atoms with van der Waals surface area (Å²) in [5.41, 5.74) is 3.99. The van der Waals surface area contributed by atoms with Crippen molar-refractivity contribution in [1.29, 1.82) is 0 Å². The molecule has 2 heterocycles. The Morgan fingerprint density at radius 2 is 1.86 bits per heavy atom. The molecule has 6 heteroatoms. The molecule has 0 amide bonds. The highest BCUT2D eigenvalue weighted by atomic mass is 16.5. The summed E-state index contributed by atoms with van der Waals surface area (Å²) in [5.74, 6) is 1.59. The first-order chi connectivity index (χ1) is 13.8. The standard InChI is InChI=1S/C22H22N4O2/c1-27-12-11-23-21-20-19(16-7-4-3-5-8-16)14-26(22(20)25-15-24-21)17-9-6-10-18(13-17)28-2/h3-10,13-15H,11-12H2,1-2H3,(H,23,24,25). The second kappa shape index (κ2) is 8.10. The van der Waals surface area contributed by atoms with Crippen molar-refractivity contribution in [1.82, 2.24) is 14.5 Å². The van der Waals surface area contributed by atoms with Crippen molar-refractivity contribution in [3.8, 4) is 22.6 Å². The average molecular weight is 374 g/mol. The van der Waals surface area contributed by atoms with Crippen LogP contribution in [0.2, 0.25) is 0 Å². The fourth-order valence-corrected chi connectivity index (χ4v) is 3.26. The first-order valence-electron chi connectivity index (χ1n) is 9.10. The lowest BCUT2D eigenvalue weighted by atomic mass is 10.1. The van der Waals surface area contributed by atoms with E-state index in [0.29, 0.717) is 13.2 Å². The van der Waals surface area contributed by atoms with Gasteiger partial charge >= 0.3 is 0 Å². The van der Waals surface area contributed by atoms with Crippen LogP contribution in [0.3, 0.4) is 0 Å². The monoisotopic (exact) mass is 374 g/mol. The van der Waals surface area contributed by atoms with E-state index in [-0.39, 0.29) is 0 Å². The minimum atomic E-state index is 0.600. The fraction of sp³-hybridized carbons (Fsp3) is 0.182. The Hall–Kier alpha value is -3.38. The number of anilines is 1. The lowest BCUT2D eigenvalue weighted by Gasteiger charge is -2.09. The zero-order chi connectivity index (χ0) is 19.3. The Morgan fingerprint density at radius 1 is 1.00 bits per heavy atom. The molecular weight excluding hydrogens is 352 g/mol. The van der Waals surface area contributed by atoms with E-state index in [2.05, 4.69) is 38.2 Å². The Morgan fingerprint density at radius 3 is 2.64 bits per heavy atom. The van der Waals surface area contributed by atoms with Crippen LogP contribution in [-0.2, 0) is 4.74 Å². The van der Waals surface area contributed by atoms with E-state index in [0.717, 1.165) is 39.4 Å². The smallest absolute Gasteiger partial charge is 0.150 e. The second-order valence-corrected chi connectivity index (χ2v) is 6.32. The minimum Gasteiger partial charge on any atom is -0.497 e. The number of methoxy groups -OCH3 is 2. The van der Waals surface area contributed by atoms with Gasteiger partial charge < -0.3 is 19.4 Å². The third-order valence-corrected chi connectivity index (χ3v) is 4.60. The van der Waals surface area contributed by atoms with Gasteiger partial charge in [0.25, 0.3) is 0 Å². The third kappa shape index (κ3) is 3.42. The van der Waals surface area contributed by atoms with Crippen molar-refractivity contribution in [3.63, 3.8) is 0 Å². The predicted molar refractivity (Wildman–Crippen MR) is 111 cm³/mol. The van der Waals surface area contributed by atoms with Crippen molar-refractivity contribution in [2.45, 2.75) is 0 Å². The molecule has 0 aliphatic rings. The largest absolute Gasteiger partial charge is 0.497 e. The van der Waals surface area contributed by atoms with Crippen molar-refractivity contribution in [2.24, 2.45) is 0 Å². The molecule has 0 saturated heterocycles. The Kier molecular flexibility index (Phi) is 5.21. The number of rotatable bonds is 7. The van der Waals surface area contributed by atoms with E-state index in [1.165, 1.54) is 0 Å². The van der Waals surface area contributed by atoms with Crippen molar-refractivity contribution in [3.05, 3.63) is 67.1 Å². The molecule has 2 aromatic carbocycles. The van der Waals surface area contributed by atoms with Gasteiger partial charge in [-0.15, -0.1) is 0 Å². The van der Waals surface area contributed by atoms with Gasteiger partial charge in [0.05, 0.1) is 24.8 Å². The summed E-state index contributed by atoms with van der Waals surface area (Å²) >= 11 is 0. The van der Waals surface area contributed by atoms with Gasteiger partial charge in [0.1, 0.15) is 17.9 Å². The summed E-state index contributed by atoms with van der Waals surface area (Å²) in [5, 5.41) is 4.35. The molecule has 4 rings (SSSR count). The number of fused-ring (bicyclic) bond motifs is 1.